The van der Waals surface area contributed by atoms with Crippen molar-refractivity contribution in [3.8, 4) is 11.5 Å². The Morgan fingerprint density at radius 3 is 2.48 bits per heavy atom. The number of aliphatic hydroxyl groups excluding tert-OH is 1. The van der Waals surface area contributed by atoms with Crippen molar-refractivity contribution in [2.45, 2.75) is 20.0 Å². The lowest BCUT2D eigenvalue weighted by Crippen LogP contribution is -2.26. The molecule has 2 N–H and O–H groups in total. The summed E-state index contributed by atoms with van der Waals surface area (Å²) in [6, 6.07) is 2.93. The van der Waals surface area contributed by atoms with Crippen LogP contribution in [0.25, 0.3) is 0 Å². The fourth-order valence-corrected chi connectivity index (χ4v) is 2.41. The Kier molecular flexibility index (Phi) is 5.95. The van der Waals surface area contributed by atoms with Crippen molar-refractivity contribution < 1.29 is 19.0 Å². The van der Waals surface area contributed by atoms with Crippen LogP contribution in [0, 0.1) is 12.7 Å². The van der Waals surface area contributed by atoms with Gasteiger partial charge in [0.05, 0.1) is 20.8 Å². The van der Waals surface area contributed by atoms with Gasteiger partial charge in [0.25, 0.3) is 0 Å². The molecule has 0 aliphatic carbocycles. The number of benzene rings is 1. The summed E-state index contributed by atoms with van der Waals surface area (Å²) >= 11 is 0. The highest BCUT2D eigenvalue weighted by Crippen LogP contribution is 2.30. The first kappa shape index (κ1) is 17.2. The van der Waals surface area contributed by atoms with Crippen LogP contribution in [0.4, 0.5) is 4.39 Å². The van der Waals surface area contributed by atoms with Gasteiger partial charge in [0.15, 0.2) is 11.5 Å². The molecule has 1 aromatic heterocycles. The van der Waals surface area contributed by atoms with Gasteiger partial charge in [-0.2, -0.15) is 0 Å². The van der Waals surface area contributed by atoms with Crippen LogP contribution in [0.3, 0.4) is 0 Å². The van der Waals surface area contributed by atoms with Gasteiger partial charge in [0, 0.05) is 43.2 Å². The summed E-state index contributed by atoms with van der Waals surface area (Å²) in [5, 5.41) is 9.24. The first-order valence-corrected chi connectivity index (χ1v) is 7.31. The number of rotatable bonds is 8. The maximum Gasteiger partial charge on any atom is 0.163 e. The van der Waals surface area contributed by atoms with E-state index in [-0.39, 0.29) is 12.4 Å². The fourth-order valence-electron chi connectivity index (χ4n) is 2.41. The van der Waals surface area contributed by atoms with Crippen molar-refractivity contribution in [2.24, 2.45) is 0 Å². The van der Waals surface area contributed by atoms with Crippen LogP contribution in [0.15, 0.2) is 18.3 Å². The first-order valence-electron chi connectivity index (χ1n) is 7.31. The summed E-state index contributed by atoms with van der Waals surface area (Å²) in [5.41, 5.74) is 1.39. The monoisotopic (exact) mass is 323 g/mol. The fraction of sp³-hybridized carbons (Fsp3) is 0.438. The lowest BCUT2D eigenvalue weighted by molar-refractivity contribution is 0.181. The molecule has 0 atom stereocenters. The number of aliphatic hydroxyl groups is 1. The molecule has 0 spiro atoms. The molecular weight excluding hydrogens is 301 g/mol. The maximum atomic E-state index is 14.3. The largest absolute Gasteiger partial charge is 0.493 e. The van der Waals surface area contributed by atoms with Crippen LogP contribution in [-0.4, -0.2) is 47.3 Å². The lowest BCUT2D eigenvalue weighted by atomic mass is 10.1. The number of imidazole rings is 1. The number of hydrogen-bond donors (Lipinski definition) is 2. The minimum absolute atomic E-state index is 0.0119. The van der Waals surface area contributed by atoms with E-state index in [0.29, 0.717) is 36.7 Å². The molecule has 0 fully saturated rings. The zero-order valence-corrected chi connectivity index (χ0v) is 13.6. The smallest absolute Gasteiger partial charge is 0.163 e. The second-order valence-electron chi connectivity index (χ2n) is 5.23. The Labute approximate surface area is 134 Å². The minimum atomic E-state index is -0.369. The number of halogens is 1. The molecule has 6 nitrogen and oxygen atoms in total. The summed E-state index contributed by atoms with van der Waals surface area (Å²) < 4.78 is 24.6. The molecule has 1 aromatic carbocycles. The van der Waals surface area contributed by atoms with E-state index in [9.17, 15) is 9.50 Å². The van der Waals surface area contributed by atoms with Gasteiger partial charge in [-0.05, 0) is 13.0 Å². The van der Waals surface area contributed by atoms with Crippen LogP contribution in [0.1, 0.15) is 17.1 Å². The molecule has 0 bridgehead atoms. The third kappa shape index (κ3) is 4.43. The SMILES string of the molecule is COc1cc(F)c(CN(CCO)Cc2cnc(C)[nH]2)cc1OC. The molecule has 0 amide bonds. The number of methoxy groups -OCH3 is 2. The summed E-state index contributed by atoms with van der Waals surface area (Å²) in [6.45, 7) is 3.15. The molecule has 23 heavy (non-hydrogen) atoms. The highest BCUT2D eigenvalue weighted by atomic mass is 19.1. The summed E-state index contributed by atoms with van der Waals surface area (Å²) in [4.78, 5) is 9.21. The first-order chi connectivity index (χ1) is 11.1. The maximum absolute atomic E-state index is 14.3. The molecule has 0 unspecified atom stereocenters. The quantitative estimate of drug-likeness (QED) is 0.776. The highest BCUT2D eigenvalue weighted by molar-refractivity contribution is 5.43. The van der Waals surface area contributed by atoms with E-state index in [4.69, 9.17) is 9.47 Å². The van der Waals surface area contributed by atoms with Crippen molar-refractivity contribution in [3.05, 3.63) is 41.2 Å². The van der Waals surface area contributed by atoms with E-state index in [1.54, 1.807) is 12.3 Å². The number of ether oxygens (including phenoxy) is 2. The van der Waals surface area contributed by atoms with Crippen LogP contribution in [0.2, 0.25) is 0 Å². The third-order valence-corrected chi connectivity index (χ3v) is 3.51. The number of aromatic nitrogens is 2. The van der Waals surface area contributed by atoms with Crippen LogP contribution in [-0.2, 0) is 13.1 Å². The average Bonchev–Trinajstić information content (AvgIpc) is 2.94. The molecule has 7 heteroatoms. The Hall–Kier alpha value is -2.12. The lowest BCUT2D eigenvalue weighted by Gasteiger charge is -2.21. The van der Waals surface area contributed by atoms with Gasteiger partial charge < -0.3 is 19.6 Å². The van der Waals surface area contributed by atoms with Crippen molar-refractivity contribution in [1.82, 2.24) is 14.9 Å². The van der Waals surface area contributed by atoms with Gasteiger partial charge in [0.2, 0.25) is 0 Å². The zero-order valence-electron chi connectivity index (χ0n) is 13.6. The Morgan fingerprint density at radius 1 is 1.22 bits per heavy atom. The average molecular weight is 323 g/mol. The minimum Gasteiger partial charge on any atom is -0.493 e. The van der Waals surface area contributed by atoms with E-state index < -0.39 is 0 Å². The molecule has 0 saturated heterocycles. The van der Waals surface area contributed by atoms with Gasteiger partial charge in [-0.1, -0.05) is 0 Å². The van der Waals surface area contributed by atoms with E-state index in [0.717, 1.165) is 11.5 Å². The summed E-state index contributed by atoms with van der Waals surface area (Å²) in [6.07, 6.45) is 1.74. The Balaban J connectivity index is 2.18. The molecule has 0 aliphatic rings. The molecule has 0 saturated carbocycles. The predicted octanol–water partition coefficient (Wildman–Crippen LogP) is 1.87. The highest BCUT2D eigenvalue weighted by Gasteiger charge is 2.15. The van der Waals surface area contributed by atoms with E-state index >= 15 is 0 Å². The van der Waals surface area contributed by atoms with Crippen LogP contribution in [0.5, 0.6) is 11.5 Å². The van der Waals surface area contributed by atoms with Crippen molar-refractivity contribution in [3.63, 3.8) is 0 Å². The predicted molar refractivity (Wildman–Crippen MR) is 84.0 cm³/mol. The Bertz CT molecular complexity index is 645. The molecule has 0 aliphatic heterocycles. The van der Waals surface area contributed by atoms with Gasteiger partial charge in [-0.15, -0.1) is 0 Å². The van der Waals surface area contributed by atoms with E-state index in [2.05, 4.69) is 9.97 Å². The number of nitrogens with one attached hydrogen (secondary N) is 1. The topological polar surface area (TPSA) is 70.6 Å². The van der Waals surface area contributed by atoms with Gasteiger partial charge in [-0.3, -0.25) is 4.90 Å². The van der Waals surface area contributed by atoms with Crippen molar-refractivity contribution in [2.75, 3.05) is 27.4 Å². The van der Waals surface area contributed by atoms with E-state index in [1.807, 2.05) is 11.8 Å². The number of hydrogen-bond acceptors (Lipinski definition) is 5. The molecule has 0 radical (unpaired) electrons. The molecule has 126 valence electrons. The third-order valence-electron chi connectivity index (χ3n) is 3.51. The number of nitrogens with zero attached hydrogens (tertiary/aromatic N) is 2. The second kappa shape index (κ2) is 7.94. The van der Waals surface area contributed by atoms with Gasteiger partial charge in [0.1, 0.15) is 11.6 Å². The Morgan fingerprint density at radius 2 is 1.91 bits per heavy atom. The van der Waals surface area contributed by atoms with Crippen LogP contribution >= 0.6 is 0 Å². The molecule has 2 rings (SSSR count). The zero-order chi connectivity index (χ0) is 16.8. The van der Waals surface area contributed by atoms with Crippen molar-refractivity contribution >= 4 is 0 Å². The van der Waals surface area contributed by atoms with Crippen molar-refractivity contribution in [1.29, 1.82) is 0 Å². The molecule has 2 aromatic rings. The summed E-state index contributed by atoms with van der Waals surface area (Å²) in [7, 11) is 2.98. The van der Waals surface area contributed by atoms with Gasteiger partial charge in [-0.25, -0.2) is 9.37 Å². The molecular formula is C16H22FN3O3. The van der Waals surface area contributed by atoms with Crippen LogP contribution < -0.4 is 9.47 Å². The standard InChI is InChI=1S/C16H22FN3O3/c1-11-18-8-13(19-11)10-20(4-5-21)9-12-6-15(22-2)16(23-3)7-14(12)17/h6-8,21H,4-5,9-10H2,1-3H3,(H,18,19). The number of aromatic amines is 1. The molecule has 1 heterocycles. The summed E-state index contributed by atoms with van der Waals surface area (Å²) in [5.74, 6) is 1.28. The second-order valence-corrected chi connectivity index (χ2v) is 5.23. The number of H-pyrrole nitrogens is 1. The number of aryl methyl sites for hydroxylation is 1. The van der Waals surface area contributed by atoms with Gasteiger partial charge >= 0.3 is 0 Å². The normalized spacial score (nSPS) is 11.0. The van der Waals surface area contributed by atoms with E-state index in [1.165, 1.54) is 20.3 Å².